The molecule has 1 heteroatoms. The molecule has 0 amide bonds. The van der Waals surface area contributed by atoms with Crippen molar-refractivity contribution in [1.82, 2.24) is 4.40 Å². The van der Waals surface area contributed by atoms with Gasteiger partial charge < -0.3 is 4.40 Å². The molecular weight excluding hydrogens is 230 g/mol. The SMILES string of the molecule is C1=Cc2cccc3cc(-c4ccccc4)c(n23)C=C1. The maximum atomic E-state index is 2.31. The first-order valence-corrected chi connectivity index (χ1v) is 6.48. The molecule has 1 aliphatic rings. The number of rotatable bonds is 1. The van der Waals surface area contributed by atoms with Crippen LogP contribution in [0.1, 0.15) is 11.4 Å². The van der Waals surface area contributed by atoms with Crippen LogP contribution in [0.25, 0.3) is 28.8 Å². The van der Waals surface area contributed by atoms with Crippen LogP contribution in [-0.2, 0) is 0 Å². The lowest BCUT2D eigenvalue weighted by atomic mass is 10.1. The molecule has 0 N–H and O–H groups in total. The zero-order valence-electron chi connectivity index (χ0n) is 10.5. The summed E-state index contributed by atoms with van der Waals surface area (Å²) in [5.41, 5.74) is 6.26. The predicted octanol–water partition coefficient (Wildman–Crippen LogP) is 4.65. The molecule has 90 valence electrons. The van der Waals surface area contributed by atoms with E-state index in [1.165, 1.54) is 28.0 Å². The van der Waals surface area contributed by atoms with E-state index in [0.717, 1.165) is 0 Å². The second-order valence-corrected chi connectivity index (χ2v) is 4.74. The Morgan fingerprint density at radius 2 is 1.58 bits per heavy atom. The molecule has 3 heterocycles. The molecule has 2 aromatic heterocycles. The molecule has 4 rings (SSSR count). The average molecular weight is 243 g/mol. The van der Waals surface area contributed by atoms with Gasteiger partial charge in [-0.2, -0.15) is 0 Å². The van der Waals surface area contributed by atoms with E-state index < -0.39 is 0 Å². The second-order valence-electron chi connectivity index (χ2n) is 4.74. The van der Waals surface area contributed by atoms with E-state index in [1.54, 1.807) is 0 Å². The minimum absolute atomic E-state index is 1.22. The Morgan fingerprint density at radius 3 is 2.47 bits per heavy atom. The summed E-state index contributed by atoms with van der Waals surface area (Å²) in [6.45, 7) is 0. The van der Waals surface area contributed by atoms with Crippen LogP contribution in [0.3, 0.4) is 0 Å². The van der Waals surface area contributed by atoms with Gasteiger partial charge in [-0.25, -0.2) is 0 Å². The first kappa shape index (κ1) is 10.4. The Bertz CT molecular complexity index is 804. The van der Waals surface area contributed by atoms with Crippen LogP contribution in [0.2, 0.25) is 0 Å². The molecule has 0 radical (unpaired) electrons. The van der Waals surface area contributed by atoms with E-state index in [0.29, 0.717) is 0 Å². The number of hydrogen-bond donors (Lipinski definition) is 0. The first-order chi connectivity index (χ1) is 9.43. The van der Waals surface area contributed by atoms with Gasteiger partial charge in [-0.1, -0.05) is 48.6 Å². The van der Waals surface area contributed by atoms with Crippen LogP contribution in [0, 0.1) is 0 Å². The summed E-state index contributed by atoms with van der Waals surface area (Å²) in [6.07, 6.45) is 8.53. The maximum Gasteiger partial charge on any atom is 0.0540 e. The molecule has 0 bridgehead atoms. The highest BCUT2D eigenvalue weighted by Crippen LogP contribution is 2.31. The zero-order valence-corrected chi connectivity index (χ0v) is 10.5. The van der Waals surface area contributed by atoms with E-state index in [-0.39, 0.29) is 0 Å². The number of nitrogens with zero attached hydrogens (tertiary/aromatic N) is 1. The molecule has 1 aromatic carbocycles. The number of hydrogen-bond acceptors (Lipinski definition) is 0. The molecular formula is C18H13N. The Balaban J connectivity index is 2.11. The fourth-order valence-corrected chi connectivity index (χ4v) is 2.72. The topological polar surface area (TPSA) is 4.41 Å². The highest BCUT2D eigenvalue weighted by molar-refractivity contribution is 5.82. The third-order valence-electron chi connectivity index (χ3n) is 3.58. The lowest BCUT2D eigenvalue weighted by Gasteiger charge is -2.04. The molecule has 0 aliphatic carbocycles. The number of pyridine rings is 1. The van der Waals surface area contributed by atoms with Crippen LogP contribution >= 0.6 is 0 Å². The Labute approximate surface area is 112 Å². The predicted molar refractivity (Wildman–Crippen MR) is 80.9 cm³/mol. The maximum absolute atomic E-state index is 2.31. The quantitative estimate of drug-likeness (QED) is 0.586. The first-order valence-electron chi connectivity index (χ1n) is 6.48. The molecule has 0 saturated heterocycles. The highest BCUT2D eigenvalue weighted by Gasteiger charge is 2.12. The summed E-state index contributed by atoms with van der Waals surface area (Å²) in [5, 5.41) is 0. The van der Waals surface area contributed by atoms with Crippen LogP contribution in [0.15, 0.2) is 66.7 Å². The fourth-order valence-electron chi connectivity index (χ4n) is 2.72. The van der Waals surface area contributed by atoms with Gasteiger partial charge in [0.2, 0.25) is 0 Å². The molecule has 3 aromatic rings. The van der Waals surface area contributed by atoms with Crippen molar-refractivity contribution in [3.63, 3.8) is 0 Å². The Kier molecular flexibility index (Phi) is 2.18. The van der Waals surface area contributed by atoms with Crippen LogP contribution < -0.4 is 0 Å². The summed E-state index contributed by atoms with van der Waals surface area (Å²) in [6, 6.07) is 19.2. The van der Waals surface area contributed by atoms with E-state index in [9.17, 15) is 0 Å². The van der Waals surface area contributed by atoms with Gasteiger partial charge >= 0.3 is 0 Å². The van der Waals surface area contributed by atoms with Crippen molar-refractivity contribution < 1.29 is 0 Å². The minimum atomic E-state index is 1.22. The van der Waals surface area contributed by atoms with Gasteiger partial charge in [0.05, 0.1) is 5.69 Å². The van der Waals surface area contributed by atoms with Crippen LogP contribution in [-0.4, -0.2) is 4.40 Å². The molecule has 19 heavy (non-hydrogen) atoms. The van der Waals surface area contributed by atoms with Gasteiger partial charge in [-0.3, -0.25) is 0 Å². The molecule has 0 spiro atoms. The smallest absolute Gasteiger partial charge is 0.0540 e. The van der Waals surface area contributed by atoms with Crippen molar-refractivity contribution in [2.24, 2.45) is 0 Å². The lowest BCUT2D eigenvalue weighted by molar-refractivity contribution is 1.16. The minimum Gasteiger partial charge on any atom is -0.310 e. The highest BCUT2D eigenvalue weighted by atomic mass is 14.9. The molecule has 1 nitrogen and oxygen atoms in total. The number of aromatic nitrogens is 1. The van der Waals surface area contributed by atoms with Crippen molar-refractivity contribution in [3.05, 3.63) is 78.1 Å². The van der Waals surface area contributed by atoms with E-state index in [2.05, 4.69) is 83.3 Å². The van der Waals surface area contributed by atoms with Gasteiger partial charge in [0, 0.05) is 16.8 Å². The number of benzene rings is 1. The van der Waals surface area contributed by atoms with Gasteiger partial charge in [-0.15, -0.1) is 0 Å². The van der Waals surface area contributed by atoms with Gasteiger partial charge in [0.25, 0.3) is 0 Å². The zero-order chi connectivity index (χ0) is 12.7. The fraction of sp³-hybridized carbons (Fsp3) is 0. The van der Waals surface area contributed by atoms with E-state index in [4.69, 9.17) is 0 Å². The van der Waals surface area contributed by atoms with Crippen LogP contribution in [0.4, 0.5) is 0 Å². The molecule has 0 atom stereocenters. The normalized spacial score (nSPS) is 12.8. The van der Waals surface area contributed by atoms with Crippen molar-refractivity contribution in [3.8, 4) is 11.1 Å². The van der Waals surface area contributed by atoms with Gasteiger partial charge in [-0.05, 0) is 35.9 Å². The van der Waals surface area contributed by atoms with Crippen molar-refractivity contribution in [2.75, 3.05) is 0 Å². The standard InChI is InChI=1S/C18H13N/c1-2-7-14(8-3-1)17-13-16-11-6-10-15-9-4-5-12-18(17)19(15)16/h1-13H. The summed E-state index contributed by atoms with van der Waals surface area (Å²) in [4.78, 5) is 0. The third-order valence-corrected chi connectivity index (χ3v) is 3.58. The largest absolute Gasteiger partial charge is 0.310 e. The monoisotopic (exact) mass is 243 g/mol. The van der Waals surface area contributed by atoms with E-state index >= 15 is 0 Å². The van der Waals surface area contributed by atoms with Gasteiger partial charge in [0.1, 0.15) is 0 Å². The molecule has 0 fully saturated rings. The van der Waals surface area contributed by atoms with Crippen molar-refractivity contribution >= 4 is 17.7 Å². The summed E-state index contributed by atoms with van der Waals surface area (Å²) in [7, 11) is 0. The summed E-state index contributed by atoms with van der Waals surface area (Å²) >= 11 is 0. The molecule has 0 unspecified atom stereocenters. The van der Waals surface area contributed by atoms with Crippen molar-refractivity contribution in [2.45, 2.75) is 0 Å². The van der Waals surface area contributed by atoms with Gasteiger partial charge in [0.15, 0.2) is 0 Å². The summed E-state index contributed by atoms with van der Waals surface area (Å²) < 4.78 is 2.31. The van der Waals surface area contributed by atoms with Crippen molar-refractivity contribution in [1.29, 1.82) is 0 Å². The van der Waals surface area contributed by atoms with Crippen LogP contribution in [0.5, 0.6) is 0 Å². The second kappa shape index (κ2) is 3.99. The molecule has 1 aliphatic heterocycles. The lowest BCUT2D eigenvalue weighted by Crippen LogP contribution is -1.92. The average Bonchev–Trinajstić information content (AvgIpc) is 2.69. The third kappa shape index (κ3) is 1.55. The molecule has 0 saturated carbocycles. The Morgan fingerprint density at radius 1 is 0.737 bits per heavy atom. The Hall–Kier alpha value is -2.54. The summed E-state index contributed by atoms with van der Waals surface area (Å²) in [5.74, 6) is 0. The number of allylic oxidation sites excluding steroid dienone is 2. The van der Waals surface area contributed by atoms with E-state index in [1.807, 2.05) is 0 Å².